The molecular weight excluding hydrogens is 492 g/mol. The number of hydrogen-bond donors (Lipinski definition) is 1. The molecule has 0 radical (unpaired) electrons. The fourth-order valence-corrected chi connectivity index (χ4v) is 5.91. The average molecular weight is 517 g/mol. The highest BCUT2D eigenvalue weighted by molar-refractivity contribution is 7.89. The number of sulfonamides is 1. The van der Waals surface area contributed by atoms with E-state index in [2.05, 4.69) is 4.72 Å². The summed E-state index contributed by atoms with van der Waals surface area (Å²) in [6.45, 7) is 6.34. The van der Waals surface area contributed by atoms with Gasteiger partial charge in [0.05, 0.1) is 27.7 Å². The van der Waals surface area contributed by atoms with Gasteiger partial charge in [0.2, 0.25) is 10.0 Å². The molecule has 0 amide bonds. The first-order valence-electron chi connectivity index (χ1n) is 10.7. The molecule has 0 aliphatic carbocycles. The van der Waals surface area contributed by atoms with Crippen molar-refractivity contribution in [2.24, 2.45) is 0 Å². The minimum atomic E-state index is -3.79. The minimum absolute atomic E-state index is 0.109. The molecule has 0 spiro atoms. The maximum absolute atomic E-state index is 13.0. The fourth-order valence-electron chi connectivity index (χ4n) is 3.53. The summed E-state index contributed by atoms with van der Waals surface area (Å²) in [6.07, 6.45) is 0. The second-order valence-electron chi connectivity index (χ2n) is 8.29. The van der Waals surface area contributed by atoms with Crippen molar-refractivity contribution in [3.8, 4) is 5.75 Å². The molecule has 0 aliphatic rings. The van der Waals surface area contributed by atoms with Crippen molar-refractivity contribution in [1.29, 1.82) is 0 Å². The first kappa shape index (κ1) is 24.5. The molecule has 0 saturated heterocycles. The van der Waals surface area contributed by atoms with Crippen LogP contribution in [0.4, 0.5) is 0 Å². The molecule has 1 unspecified atom stereocenters. The summed E-state index contributed by atoms with van der Waals surface area (Å²) in [6, 6.07) is 17.3. The first-order chi connectivity index (χ1) is 16.1. The molecule has 0 fully saturated rings. The lowest BCUT2D eigenvalue weighted by atomic mass is 10.1. The molecule has 4 rings (SSSR count). The number of aryl methyl sites for hydroxylation is 2. The number of thiazole rings is 1. The third kappa shape index (κ3) is 5.52. The molecular formula is C25H25ClN2O4S2. The van der Waals surface area contributed by atoms with Crippen molar-refractivity contribution in [3.63, 3.8) is 0 Å². The van der Waals surface area contributed by atoms with Crippen LogP contribution in [0.5, 0.6) is 5.75 Å². The van der Waals surface area contributed by atoms with E-state index in [0.29, 0.717) is 27.5 Å². The van der Waals surface area contributed by atoms with E-state index in [-0.39, 0.29) is 16.4 Å². The Morgan fingerprint density at radius 3 is 2.47 bits per heavy atom. The maximum Gasteiger partial charge on any atom is 0.308 e. The van der Waals surface area contributed by atoms with E-state index in [1.807, 2.05) is 44.2 Å². The zero-order valence-electron chi connectivity index (χ0n) is 19.0. The largest absolute Gasteiger partial charge is 0.492 e. The van der Waals surface area contributed by atoms with Gasteiger partial charge >= 0.3 is 4.87 Å². The summed E-state index contributed by atoms with van der Waals surface area (Å²) < 4.78 is 36.6. The molecule has 3 aromatic carbocycles. The number of nitrogens with zero attached hydrogens (tertiary/aromatic N) is 1. The highest BCUT2D eigenvalue weighted by Gasteiger charge is 2.20. The van der Waals surface area contributed by atoms with Crippen molar-refractivity contribution in [2.45, 2.75) is 38.3 Å². The molecule has 0 bridgehead atoms. The van der Waals surface area contributed by atoms with Crippen molar-refractivity contribution < 1.29 is 13.2 Å². The molecule has 178 valence electrons. The van der Waals surface area contributed by atoms with Gasteiger partial charge in [0.15, 0.2) is 0 Å². The van der Waals surface area contributed by atoms with E-state index >= 15 is 0 Å². The van der Waals surface area contributed by atoms with E-state index in [4.69, 9.17) is 16.3 Å². The van der Waals surface area contributed by atoms with Gasteiger partial charge in [-0.25, -0.2) is 13.1 Å². The fraction of sp³-hybridized carbons (Fsp3) is 0.240. The Labute approximate surface area is 207 Å². The molecule has 1 N–H and O–H groups in total. The minimum Gasteiger partial charge on any atom is -0.492 e. The van der Waals surface area contributed by atoms with E-state index < -0.39 is 16.1 Å². The third-order valence-corrected chi connectivity index (χ3v) is 8.32. The number of nitrogens with one attached hydrogen (secondary N) is 1. The highest BCUT2D eigenvalue weighted by atomic mass is 35.5. The van der Waals surface area contributed by atoms with Gasteiger partial charge in [-0.2, -0.15) is 0 Å². The summed E-state index contributed by atoms with van der Waals surface area (Å²) in [5.74, 6) is 0.697. The number of halogens is 1. The second kappa shape index (κ2) is 9.92. The summed E-state index contributed by atoms with van der Waals surface area (Å²) in [7, 11) is -3.79. The van der Waals surface area contributed by atoms with E-state index in [1.165, 1.54) is 11.6 Å². The lowest BCUT2D eigenvalue weighted by molar-refractivity contribution is 0.287. The van der Waals surface area contributed by atoms with Gasteiger partial charge in [-0.3, -0.25) is 9.36 Å². The number of fused-ring (bicyclic) bond motifs is 1. The van der Waals surface area contributed by atoms with Crippen LogP contribution in [0.1, 0.15) is 23.6 Å². The van der Waals surface area contributed by atoms with Crippen molar-refractivity contribution >= 4 is 43.2 Å². The van der Waals surface area contributed by atoms with Gasteiger partial charge in [-0.05, 0) is 79.9 Å². The molecule has 1 aromatic heterocycles. The Morgan fingerprint density at radius 1 is 1.03 bits per heavy atom. The Bertz CT molecular complexity index is 1490. The lowest BCUT2D eigenvalue weighted by Gasteiger charge is -2.16. The molecule has 9 heteroatoms. The smallest absolute Gasteiger partial charge is 0.308 e. The molecule has 34 heavy (non-hydrogen) atoms. The monoisotopic (exact) mass is 516 g/mol. The Kier molecular flexibility index (Phi) is 7.14. The quantitative estimate of drug-likeness (QED) is 0.352. The van der Waals surface area contributed by atoms with Crippen LogP contribution >= 0.6 is 22.9 Å². The Morgan fingerprint density at radius 2 is 1.76 bits per heavy atom. The Hall–Kier alpha value is -2.65. The zero-order chi connectivity index (χ0) is 24.5. The highest BCUT2D eigenvalue weighted by Crippen LogP contribution is 2.23. The molecule has 0 saturated carbocycles. The van der Waals surface area contributed by atoms with E-state index in [0.717, 1.165) is 22.5 Å². The van der Waals surface area contributed by atoms with Crippen molar-refractivity contribution in [1.82, 2.24) is 9.29 Å². The first-order valence-corrected chi connectivity index (χ1v) is 13.4. The van der Waals surface area contributed by atoms with Crippen LogP contribution in [0.15, 0.2) is 70.4 Å². The molecule has 4 aromatic rings. The number of hydrogen-bond acceptors (Lipinski definition) is 5. The van der Waals surface area contributed by atoms with Gasteiger partial charge in [0, 0.05) is 5.02 Å². The standard InChI is InChI=1S/C25H25ClN2O4S2/c1-16-4-9-21(12-17(16)2)32-15-18(3)27-34(30,31)22-10-11-23-24(13-22)33-25(29)28(23)14-19-5-7-20(26)8-6-19/h4-13,18,27H,14-15H2,1-3H3. The van der Waals surface area contributed by atoms with Gasteiger partial charge < -0.3 is 4.74 Å². The summed E-state index contributed by atoms with van der Waals surface area (Å²) in [5, 5.41) is 0.627. The van der Waals surface area contributed by atoms with Gasteiger partial charge in [-0.1, -0.05) is 41.1 Å². The number of aromatic nitrogens is 1. The van der Waals surface area contributed by atoms with Crippen molar-refractivity contribution in [3.05, 3.63) is 92.0 Å². The topological polar surface area (TPSA) is 77.4 Å². The maximum atomic E-state index is 13.0. The number of ether oxygens (including phenoxy) is 1. The normalized spacial score (nSPS) is 12.7. The van der Waals surface area contributed by atoms with Crippen LogP contribution in [0.25, 0.3) is 10.2 Å². The Balaban J connectivity index is 1.49. The molecule has 1 atom stereocenters. The average Bonchev–Trinajstić information content (AvgIpc) is 3.10. The second-order valence-corrected chi connectivity index (χ2v) is 11.4. The number of rotatable bonds is 8. The van der Waals surface area contributed by atoms with E-state index in [1.54, 1.807) is 35.8 Å². The van der Waals surface area contributed by atoms with Gasteiger partial charge in [0.25, 0.3) is 0 Å². The predicted molar refractivity (Wildman–Crippen MR) is 138 cm³/mol. The van der Waals surface area contributed by atoms with Crippen LogP contribution in [0.2, 0.25) is 5.02 Å². The summed E-state index contributed by atoms with van der Waals surface area (Å²) >= 11 is 6.97. The van der Waals surface area contributed by atoms with Crippen LogP contribution in [-0.2, 0) is 16.6 Å². The molecule has 0 aliphatic heterocycles. The van der Waals surface area contributed by atoms with Crippen molar-refractivity contribution in [2.75, 3.05) is 6.61 Å². The third-order valence-electron chi connectivity index (χ3n) is 5.54. The van der Waals surface area contributed by atoms with Crippen LogP contribution in [0.3, 0.4) is 0 Å². The van der Waals surface area contributed by atoms with Crippen LogP contribution in [-0.4, -0.2) is 25.6 Å². The molecule has 1 heterocycles. The van der Waals surface area contributed by atoms with Gasteiger partial charge in [-0.15, -0.1) is 0 Å². The molecule has 6 nitrogen and oxygen atoms in total. The zero-order valence-corrected chi connectivity index (χ0v) is 21.4. The number of benzene rings is 3. The predicted octanol–water partition coefficient (Wildman–Crippen LogP) is 5.13. The van der Waals surface area contributed by atoms with Crippen LogP contribution < -0.4 is 14.3 Å². The van der Waals surface area contributed by atoms with E-state index in [9.17, 15) is 13.2 Å². The lowest BCUT2D eigenvalue weighted by Crippen LogP contribution is -2.36. The SMILES string of the molecule is Cc1ccc(OCC(C)NS(=O)(=O)c2ccc3c(c2)sc(=O)n3Cc2ccc(Cl)cc2)cc1C. The van der Waals surface area contributed by atoms with Crippen LogP contribution in [0, 0.1) is 13.8 Å². The van der Waals surface area contributed by atoms with Gasteiger partial charge in [0.1, 0.15) is 12.4 Å². The summed E-state index contributed by atoms with van der Waals surface area (Å²) in [4.78, 5) is 12.5. The summed E-state index contributed by atoms with van der Waals surface area (Å²) in [5.41, 5.74) is 3.90.